The Kier molecular flexibility index (Phi) is 2.77. The first-order chi connectivity index (χ1) is 10.6. The molecule has 0 amide bonds. The lowest BCUT2D eigenvalue weighted by atomic mass is 9.97. The zero-order chi connectivity index (χ0) is 15.4. The first-order valence-corrected chi connectivity index (χ1v) is 7.95. The molecule has 0 aliphatic carbocycles. The predicted molar refractivity (Wildman–Crippen MR) is 87.0 cm³/mol. The second-order valence-electron chi connectivity index (χ2n) is 5.72. The third-order valence-electron chi connectivity index (χ3n) is 4.19. The highest BCUT2D eigenvalue weighted by Gasteiger charge is 2.22. The largest absolute Gasteiger partial charge is 0.235 e. The molecule has 22 heavy (non-hydrogen) atoms. The zero-order valence-corrected chi connectivity index (χ0v) is 13.8. The van der Waals surface area contributed by atoms with Gasteiger partial charge in [0.05, 0.1) is 11.1 Å². The fourth-order valence-electron chi connectivity index (χ4n) is 2.96. The van der Waals surface area contributed by atoms with Gasteiger partial charge in [0.15, 0.2) is 6.20 Å². The van der Waals surface area contributed by atoms with Crippen LogP contribution in [0.4, 0.5) is 0 Å². The van der Waals surface area contributed by atoms with Crippen molar-refractivity contribution in [1.82, 2.24) is 20.0 Å². The molecule has 0 unspecified atom stereocenters. The Morgan fingerprint density at radius 1 is 1.18 bits per heavy atom. The Hall–Kier alpha value is -2.34. The number of nitrogens with zero attached hydrogens (tertiary/aromatic N) is 5. The number of rotatable bonds is 1. The van der Waals surface area contributed by atoms with E-state index in [1.54, 1.807) is 11.3 Å². The van der Waals surface area contributed by atoms with Crippen LogP contribution in [0.15, 0.2) is 24.4 Å². The molecule has 0 aliphatic heterocycles. The molecule has 1 aromatic carbocycles. The SMILES string of the molecule is Cc1cc(C)c(C)c(-c2c3sc4nnnn4c3cc[n+]2C)c1. The number of benzene rings is 1. The quantitative estimate of drug-likeness (QED) is 0.508. The normalized spacial score (nSPS) is 11.6. The topological polar surface area (TPSA) is 47.0 Å². The lowest BCUT2D eigenvalue weighted by molar-refractivity contribution is -0.659. The summed E-state index contributed by atoms with van der Waals surface area (Å²) in [7, 11) is 2.08. The average molecular weight is 310 g/mol. The highest BCUT2D eigenvalue weighted by molar-refractivity contribution is 7.24. The highest BCUT2D eigenvalue weighted by Crippen LogP contribution is 2.34. The van der Waals surface area contributed by atoms with Gasteiger partial charge in [0.1, 0.15) is 11.7 Å². The van der Waals surface area contributed by atoms with Gasteiger partial charge in [-0.05, 0) is 48.4 Å². The molecule has 4 rings (SSSR count). The molecule has 0 spiro atoms. The van der Waals surface area contributed by atoms with E-state index in [0.717, 1.165) is 10.5 Å². The van der Waals surface area contributed by atoms with Crippen LogP contribution in [0.5, 0.6) is 0 Å². The van der Waals surface area contributed by atoms with Crippen LogP contribution in [0.1, 0.15) is 16.7 Å². The van der Waals surface area contributed by atoms with Crippen LogP contribution in [0, 0.1) is 20.8 Å². The molecule has 0 radical (unpaired) electrons. The van der Waals surface area contributed by atoms with E-state index < -0.39 is 0 Å². The Morgan fingerprint density at radius 2 is 2.00 bits per heavy atom. The maximum absolute atomic E-state index is 4.09. The number of thiazole rings is 1. The van der Waals surface area contributed by atoms with Gasteiger partial charge in [-0.3, -0.25) is 0 Å². The Balaban J connectivity index is 2.16. The molecule has 3 heterocycles. The fourth-order valence-corrected chi connectivity index (χ4v) is 4.06. The minimum Gasteiger partial charge on any atom is -0.200 e. The van der Waals surface area contributed by atoms with E-state index in [2.05, 4.69) is 72.3 Å². The summed E-state index contributed by atoms with van der Waals surface area (Å²) in [6.07, 6.45) is 2.07. The van der Waals surface area contributed by atoms with E-state index in [0.29, 0.717) is 0 Å². The van der Waals surface area contributed by atoms with E-state index in [-0.39, 0.29) is 0 Å². The van der Waals surface area contributed by atoms with Crippen molar-refractivity contribution in [3.05, 3.63) is 41.1 Å². The summed E-state index contributed by atoms with van der Waals surface area (Å²) in [5, 5.41) is 11.9. The average Bonchev–Trinajstić information content (AvgIpc) is 3.03. The standard InChI is InChI=1S/C16H16N5S/c1-9-7-10(2)11(3)12(8-9)14-15-13(5-6-20(14)4)21-16(22-15)17-18-19-21/h5-8H,1-4H3/q+1. The molecule has 0 N–H and O–H groups in total. The van der Waals surface area contributed by atoms with Gasteiger partial charge >= 0.3 is 0 Å². The predicted octanol–water partition coefficient (Wildman–Crippen LogP) is 2.76. The van der Waals surface area contributed by atoms with Gasteiger partial charge in [-0.15, -0.1) is 0 Å². The third kappa shape index (κ3) is 1.77. The van der Waals surface area contributed by atoms with E-state index >= 15 is 0 Å². The molecular formula is C16H16N5S+. The molecule has 0 bridgehead atoms. The van der Waals surface area contributed by atoms with Crippen molar-refractivity contribution in [2.24, 2.45) is 7.05 Å². The first kappa shape index (κ1) is 13.3. The Morgan fingerprint density at radius 3 is 2.82 bits per heavy atom. The molecule has 0 saturated carbocycles. The first-order valence-electron chi connectivity index (χ1n) is 7.13. The molecule has 4 aromatic rings. The van der Waals surface area contributed by atoms with Crippen molar-refractivity contribution in [3.8, 4) is 11.3 Å². The molecule has 6 heteroatoms. The van der Waals surface area contributed by atoms with Crippen molar-refractivity contribution in [2.75, 3.05) is 0 Å². The van der Waals surface area contributed by atoms with Crippen LogP contribution in [0.3, 0.4) is 0 Å². The van der Waals surface area contributed by atoms with Crippen LogP contribution in [-0.2, 0) is 7.05 Å². The van der Waals surface area contributed by atoms with Gasteiger partial charge in [-0.2, -0.15) is 9.08 Å². The number of fused-ring (bicyclic) bond motifs is 3. The summed E-state index contributed by atoms with van der Waals surface area (Å²) in [5.74, 6) is 0. The van der Waals surface area contributed by atoms with Crippen molar-refractivity contribution in [2.45, 2.75) is 20.8 Å². The zero-order valence-electron chi connectivity index (χ0n) is 13.0. The van der Waals surface area contributed by atoms with Crippen molar-refractivity contribution < 1.29 is 4.57 Å². The fraction of sp³-hybridized carbons (Fsp3) is 0.250. The second kappa shape index (κ2) is 4.58. The summed E-state index contributed by atoms with van der Waals surface area (Å²) < 4.78 is 5.17. The molecule has 0 atom stereocenters. The number of pyridine rings is 1. The molecule has 3 aromatic heterocycles. The maximum atomic E-state index is 4.09. The van der Waals surface area contributed by atoms with Crippen molar-refractivity contribution in [1.29, 1.82) is 0 Å². The lowest BCUT2D eigenvalue weighted by Gasteiger charge is -2.09. The summed E-state index contributed by atoms with van der Waals surface area (Å²) in [5.41, 5.74) is 7.43. The number of hydrogen-bond acceptors (Lipinski definition) is 4. The Bertz CT molecular complexity index is 1030. The second-order valence-corrected chi connectivity index (χ2v) is 6.70. The van der Waals surface area contributed by atoms with E-state index in [4.69, 9.17) is 0 Å². The summed E-state index contributed by atoms with van der Waals surface area (Å²) in [6, 6.07) is 6.55. The number of tetrazole rings is 1. The summed E-state index contributed by atoms with van der Waals surface area (Å²) in [4.78, 5) is 0.824. The molecule has 0 aliphatic rings. The Labute approximate surface area is 131 Å². The minimum absolute atomic E-state index is 0.824. The maximum Gasteiger partial charge on any atom is 0.235 e. The lowest BCUT2D eigenvalue weighted by Crippen LogP contribution is -2.30. The molecule has 110 valence electrons. The van der Waals surface area contributed by atoms with Gasteiger partial charge in [0.2, 0.25) is 10.7 Å². The highest BCUT2D eigenvalue weighted by atomic mass is 32.1. The van der Waals surface area contributed by atoms with Crippen molar-refractivity contribution >= 4 is 26.5 Å². The van der Waals surface area contributed by atoms with Crippen LogP contribution in [-0.4, -0.2) is 20.0 Å². The van der Waals surface area contributed by atoms with Crippen LogP contribution >= 0.6 is 11.3 Å². The van der Waals surface area contributed by atoms with Crippen LogP contribution < -0.4 is 4.57 Å². The number of aryl methyl sites for hydroxylation is 3. The summed E-state index contributed by atoms with van der Waals surface area (Å²) >= 11 is 1.63. The summed E-state index contributed by atoms with van der Waals surface area (Å²) in [6.45, 7) is 6.49. The molecule has 0 saturated heterocycles. The van der Waals surface area contributed by atoms with E-state index in [9.17, 15) is 0 Å². The van der Waals surface area contributed by atoms with Gasteiger partial charge in [0, 0.05) is 6.07 Å². The van der Waals surface area contributed by atoms with Gasteiger partial charge < -0.3 is 0 Å². The van der Waals surface area contributed by atoms with Gasteiger partial charge in [-0.1, -0.05) is 28.1 Å². The minimum atomic E-state index is 0.824. The van der Waals surface area contributed by atoms with Crippen LogP contribution in [0.2, 0.25) is 0 Å². The number of hydrogen-bond donors (Lipinski definition) is 0. The van der Waals surface area contributed by atoms with Crippen molar-refractivity contribution in [3.63, 3.8) is 0 Å². The van der Waals surface area contributed by atoms with Gasteiger partial charge in [-0.25, -0.2) is 0 Å². The smallest absolute Gasteiger partial charge is 0.200 e. The third-order valence-corrected chi connectivity index (χ3v) is 5.23. The molecule has 5 nitrogen and oxygen atoms in total. The number of aromatic nitrogens is 5. The van der Waals surface area contributed by atoms with Gasteiger partial charge in [0.25, 0.3) is 0 Å². The monoisotopic (exact) mass is 310 g/mol. The van der Waals surface area contributed by atoms with E-state index in [1.165, 1.54) is 32.6 Å². The van der Waals surface area contributed by atoms with Crippen LogP contribution in [0.25, 0.3) is 26.4 Å². The van der Waals surface area contributed by atoms with E-state index in [1.807, 2.05) is 4.52 Å². The molecular weight excluding hydrogens is 294 g/mol. The molecule has 0 fully saturated rings.